The molecule has 10 nitrogen and oxygen atoms in total. The van der Waals surface area contributed by atoms with Crippen LogP contribution in [0.2, 0.25) is 0 Å². The fourth-order valence-electron chi connectivity index (χ4n) is 2.44. The number of anilines is 1. The first-order chi connectivity index (χ1) is 13.0. The van der Waals surface area contributed by atoms with Gasteiger partial charge in [-0.2, -0.15) is 0 Å². The van der Waals surface area contributed by atoms with Gasteiger partial charge in [-0.15, -0.1) is 0 Å². The molecule has 2 atom stereocenters. The molecule has 0 radical (unpaired) electrons. The normalized spacial score (nSPS) is 12.9. The van der Waals surface area contributed by atoms with E-state index in [1.165, 1.54) is 19.1 Å². The zero-order chi connectivity index (χ0) is 21.4. The fourth-order valence-corrected chi connectivity index (χ4v) is 2.44. The van der Waals surface area contributed by atoms with Gasteiger partial charge >= 0.3 is 11.9 Å². The third-order valence-corrected chi connectivity index (χ3v) is 3.89. The van der Waals surface area contributed by atoms with Gasteiger partial charge in [-0.25, -0.2) is 5.43 Å². The molecule has 0 aliphatic rings. The number of hydrazine groups is 1. The van der Waals surface area contributed by atoms with Crippen LogP contribution in [0.25, 0.3) is 0 Å². The van der Waals surface area contributed by atoms with Crippen LogP contribution in [-0.2, 0) is 14.4 Å². The van der Waals surface area contributed by atoms with Crippen LogP contribution in [0.15, 0.2) is 24.3 Å². The average molecular weight is 394 g/mol. The van der Waals surface area contributed by atoms with Crippen LogP contribution < -0.4 is 16.5 Å². The highest BCUT2D eigenvalue weighted by Gasteiger charge is 2.32. The van der Waals surface area contributed by atoms with Crippen molar-refractivity contribution < 1.29 is 29.4 Å². The molecule has 6 N–H and O–H groups in total. The molecule has 154 valence electrons. The Morgan fingerprint density at radius 3 is 2.21 bits per heavy atom. The van der Waals surface area contributed by atoms with Gasteiger partial charge < -0.3 is 21.3 Å². The molecule has 28 heavy (non-hydrogen) atoms. The number of aliphatic carboxylic acids is 2. The molecule has 2 amide bonds. The second-order valence-corrected chi connectivity index (χ2v) is 6.70. The maximum atomic E-state index is 13.0. The van der Waals surface area contributed by atoms with Gasteiger partial charge in [-0.1, -0.05) is 26.0 Å². The molecule has 0 saturated carbocycles. The van der Waals surface area contributed by atoms with Crippen molar-refractivity contribution in [3.05, 3.63) is 29.8 Å². The Hall–Kier alpha value is -3.14. The van der Waals surface area contributed by atoms with Crippen molar-refractivity contribution >= 4 is 29.4 Å². The molecule has 0 aromatic heterocycles. The molecular formula is C18H26N4O6. The van der Waals surface area contributed by atoms with Crippen LogP contribution in [0.4, 0.5) is 5.69 Å². The lowest BCUT2D eigenvalue weighted by atomic mass is 10.0. The highest BCUT2D eigenvalue weighted by atomic mass is 16.4. The van der Waals surface area contributed by atoms with Gasteiger partial charge in [0.1, 0.15) is 18.6 Å². The molecule has 1 rings (SSSR count). The molecule has 10 heteroatoms. The number of nitrogens with two attached hydrogens (primary N) is 1. The van der Waals surface area contributed by atoms with Gasteiger partial charge in [0.2, 0.25) is 5.91 Å². The summed E-state index contributed by atoms with van der Waals surface area (Å²) in [4.78, 5) is 47.6. The maximum absolute atomic E-state index is 13.0. The highest BCUT2D eigenvalue weighted by molar-refractivity contribution is 6.01. The van der Waals surface area contributed by atoms with Gasteiger partial charge in [0, 0.05) is 5.69 Å². The standard InChI is InChI=1S/C18H26N4O6/c1-10(2)8-14(18(27)28)21-22(11(3)16(25)20-9-15(23)24)17(26)12-6-4-5-7-13(12)19/h4-7,10-11,14,21H,8-9,19H2,1-3H3,(H,20,25)(H,23,24)(H,27,28)/t11-,14-/m0/s1. The number of hydrogen-bond acceptors (Lipinski definition) is 6. The van der Waals surface area contributed by atoms with Crippen LogP contribution in [0.3, 0.4) is 0 Å². The summed E-state index contributed by atoms with van der Waals surface area (Å²) in [5.74, 6) is -3.89. The van der Waals surface area contributed by atoms with Crippen LogP contribution in [0.5, 0.6) is 0 Å². The first-order valence-corrected chi connectivity index (χ1v) is 8.71. The molecule has 0 heterocycles. The van der Waals surface area contributed by atoms with Crippen LogP contribution in [-0.4, -0.2) is 57.6 Å². The number of nitrogens with zero attached hydrogens (tertiary/aromatic N) is 1. The number of nitrogen functional groups attached to an aromatic ring is 1. The Morgan fingerprint density at radius 1 is 1.11 bits per heavy atom. The van der Waals surface area contributed by atoms with Crippen LogP contribution >= 0.6 is 0 Å². The first kappa shape index (κ1) is 22.9. The molecule has 0 aliphatic carbocycles. The van der Waals surface area contributed by atoms with E-state index < -0.39 is 42.4 Å². The molecule has 0 saturated heterocycles. The minimum atomic E-state index is -1.25. The third kappa shape index (κ3) is 6.54. The number of carboxylic acids is 2. The smallest absolute Gasteiger partial charge is 0.322 e. The first-order valence-electron chi connectivity index (χ1n) is 8.71. The monoisotopic (exact) mass is 394 g/mol. The lowest BCUT2D eigenvalue weighted by Gasteiger charge is -2.32. The number of carbonyl (C=O) groups is 4. The maximum Gasteiger partial charge on any atom is 0.322 e. The van der Waals surface area contributed by atoms with E-state index in [1.54, 1.807) is 12.1 Å². The quantitative estimate of drug-likeness (QED) is 0.280. The topological polar surface area (TPSA) is 162 Å². The minimum Gasteiger partial charge on any atom is -0.480 e. The number of carbonyl (C=O) groups excluding carboxylic acids is 2. The van der Waals surface area contributed by atoms with Crippen molar-refractivity contribution in [2.24, 2.45) is 5.92 Å². The predicted molar refractivity (Wildman–Crippen MR) is 101 cm³/mol. The summed E-state index contributed by atoms with van der Waals surface area (Å²) in [6.07, 6.45) is 0.201. The van der Waals surface area contributed by atoms with Crippen molar-refractivity contribution in [1.29, 1.82) is 0 Å². The van der Waals surface area contributed by atoms with Gasteiger partial charge in [-0.3, -0.25) is 24.2 Å². The third-order valence-electron chi connectivity index (χ3n) is 3.89. The van der Waals surface area contributed by atoms with E-state index in [0.29, 0.717) is 0 Å². The molecule has 0 fully saturated rings. The summed E-state index contributed by atoms with van der Waals surface area (Å²) in [6, 6.07) is 3.84. The number of para-hydroxylation sites is 1. The van der Waals surface area contributed by atoms with Crippen molar-refractivity contribution in [2.45, 2.75) is 39.3 Å². The zero-order valence-electron chi connectivity index (χ0n) is 16.0. The SMILES string of the molecule is CC(C)C[C@H](NN(C(=O)c1ccccc1N)[C@@H](C)C(=O)NCC(=O)O)C(=O)O. The molecule has 0 spiro atoms. The molecule has 1 aromatic rings. The number of nitrogens with one attached hydrogen (secondary N) is 2. The second-order valence-electron chi connectivity index (χ2n) is 6.70. The van der Waals surface area contributed by atoms with E-state index in [9.17, 15) is 24.3 Å². The number of carboxylic acid groups (broad SMARTS) is 2. The van der Waals surface area contributed by atoms with E-state index in [0.717, 1.165) is 5.01 Å². The fraction of sp³-hybridized carbons (Fsp3) is 0.444. The molecule has 0 bridgehead atoms. The second kappa shape index (κ2) is 10.3. The van der Waals surface area contributed by atoms with Crippen molar-refractivity contribution in [3.63, 3.8) is 0 Å². The van der Waals surface area contributed by atoms with Crippen molar-refractivity contribution in [1.82, 2.24) is 15.8 Å². The van der Waals surface area contributed by atoms with E-state index in [-0.39, 0.29) is 23.6 Å². The number of benzene rings is 1. The Morgan fingerprint density at radius 2 is 1.71 bits per heavy atom. The van der Waals surface area contributed by atoms with Crippen LogP contribution in [0.1, 0.15) is 37.6 Å². The zero-order valence-corrected chi connectivity index (χ0v) is 16.0. The lowest BCUT2D eigenvalue weighted by molar-refractivity contribution is -0.142. The Kier molecular flexibility index (Phi) is 8.39. The summed E-state index contributed by atoms with van der Waals surface area (Å²) < 4.78 is 0. The molecule has 0 unspecified atom stereocenters. The number of hydrogen-bond donors (Lipinski definition) is 5. The van der Waals surface area contributed by atoms with E-state index >= 15 is 0 Å². The molecule has 0 aliphatic heterocycles. The summed E-state index contributed by atoms with van der Waals surface area (Å²) in [5.41, 5.74) is 8.68. The minimum absolute atomic E-state index is 0.00323. The van der Waals surface area contributed by atoms with Crippen molar-refractivity contribution in [3.8, 4) is 0 Å². The van der Waals surface area contributed by atoms with Gasteiger partial charge in [-0.05, 0) is 31.4 Å². The van der Waals surface area contributed by atoms with Crippen molar-refractivity contribution in [2.75, 3.05) is 12.3 Å². The Balaban J connectivity index is 3.19. The number of amides is 2. The highest BCUT2D eigenvalue weighted by Crippen LogP contribution is 2.16. The predicted octanol–water partition coefficient (Wildman–Crippen LogP) is 0.304. The summed E-state index contributed by atoms with van der Waals surface area (Å²) >= 11 is 0. The van der Waals surface area contributed by atoms with E-state index in [2.05, 4.69) is 10.7 Å². The Labute approximate surface area is 162 Å². The summed E-state index contributed by atoms with van der Waals surface area (Å²) in [7, 11) is 0. The van der Waals surface area contributed by atoms with Crippen LogP contribution in [0, 0.1) is 5.92 Å². The van der Waals surface area contributed by atoms with Gasteiger partial charge in [0.25, 0.3) is 5.91 Å². The summed E-state index contributed by atoms with van der Waals surface area (Å²) in [5, 5.41) is 21.2. The van der Waals surface area contributed by atoms with Gasteiger partial charge in [0.15, 0.2) is 0 Å². The largest absolute Gasteiger partial charge is 0.480 e. The number of rotatable bonds is 10. The Bertz CT molecular complexity index is 737. The van der Waals surface area contributed by atoms with Gasteiger partial charge in [0.05, 0.1) is 5.56 Å². The average Bonchev–Trinajstić information content (AvgIpc) is 2.61. The van der Waals surface area contributed by atoms with E-state index in [1.807, 2.05) is 13.8 Å². The summed E-state index contributed by atoms with van der Waals surface area (Å²) in [6.45, 7) is 4.37. The lowest BCUT2D eigenvalue weighted by Crippen LogP contribution is -2.59. The molecule has 1 aromatic carbocycles. The van der Waals surface area contributed by atoms with E-state index in [4.69, 9.17) is 10.8 Å². The molecular weight excluding hydrogens is 368 g/mol.